The molecule has 0 unspecified atom stereocenters. The maximum Gasteiger partial charge on any atom is 0.259 e. The number of aryl methyl sites for hydroxylation is 2. The average Bonchev–Trinajstić information content (AvgIpc) is 2.92. The van der Waals surface area contributed by atoms with E-state index in [0.717, 1.165) is 21.5 Å². The Morgan fingerprint density at radius 3 is 2.73 bits per heavy atom. The van der Waals surface area contributed by atoms with Gasteiger partial charge in [0.05, 0.1) is 15.8 Å². The Kier molecular flexibility index (Phi) is 2.87. The van der Waals surface area contributed by atoms with Crippen LogP contribution >= 0.6 is 11.3 Å². The molecule has 22 heavy (non-hydrogen) atoms. The number of hydrogen-bond donors (Lipinski definition) is 1. The van der Waals surface area contributed by atoms with Crippen LogP contribution in [0.3, 0.4) is 0 Å². The fraction of sp³-hybridized carbons (Fsp3) is 0.111. The number of nitrogens with zero attached hydrogens (tertiary/aromatic N) is 1. The van der Waals surface area contributed by atoms with Gasteiger partial charge in [-0.3, -0.25) is 4.79 Å². The quantitative estimate of drug-likeness (QED) is 0.566. The summed E-state index contributed by atoms with van der Waals surface area (Å²) in [5.74, 6) is 0.644. The van der Waals surface area contributed by atoms with E-state index in [4.69, 9.17) is 4.98 Å². The van der Waals surface area contributed by atoms with Crippen LogP contribution in [0, 0.1) is 13.8 Å². The molecule has 0 aliphatic heterocycles. The molecule has 2 aromatic carbocycles. The highest BCUT2D eigenvalue weighted by atomic mass is 32.1. The highest BCUT2D eigenvalue weighted by molar-refractivity contribution is 7.22. The van der Waals surface area contributed by atoms with Gasteiger partial charge in [0.2, 0.25) is 0 Å². The van der Waals surface area contributed by atoms with E-state index in [-0.39, 0.29) is 5.56 Å². The second-order valence-electron chi connectivity index (χ2n) is 5.54. The van der Waals surface area contributed by atoms with Crippen LogP contribution in [0.1, 0.15) is 11.1 Å². The monoisotopic (exact) mass is 306 g/mol. The molecule has 0 bridgehead atoms. The summed E-state index contributed by atoms with van der Waals surface area (Å²) in [5.41, 5.74) is 2.81. The number of thiophene rings is 1. The first kappa shape index (κ1) is 13.2. The number of aromatic nitrogens is 2. The second-order valence-corrected chi connectivity index (χ2v) is 6.62. The molecular weight excluding hydrogens is 292 g/mol. The number of hydrogen-bond acceptors (Lipinski definition) is 3. The van der Waals surface area contributed by atoms with Crippen LogP contribution in [0.2, 0.25) is 0 Å². The van der Waals surface area contributed by atoms with Gasteiger partial charge >= 0.3 is 0 Å². The summed E-state index contributed by atoms with van der Waals surface area (Å²) in [4.78, 5) is 21.0. The van der Waals surface area contributed by atoms with Gasteiger partial charge in [-0.15, -0.1) is 11.3 Å². The lowest BCUT2D eigenvalue weighted by Gasteiger charge is -2.05. The third-order valence-corrected chi connectivity index (χ3v) is 4.93. The number of benzene rings is 2. The normalized spacial score (nSPS) is 11.4. The molecule has 0 spiro atoms. The first-order chi connectivity index (χ1) is 10.6. The fourth-order valence-corrected chi connectivity index (χ4v) is 3.82. The molecule has 2 aromatic heterocycles. The van der Waals surface area contributed by atoms with E-state index in [2.05, 4.69) is 29.2 Å². The summed E-state index contributed by atoms with van der Waals surface area (Å²) in [6.45, 7) is 3.99. The maximum atomic E-state index is 12.4. The Labute approximate surface area is 131 Å². The molecule has 4 rings (SSSR count). The largest absolute Gasteiger partial charge is 0.305 e. The molecule has 0 fully saturated rings. The van der Waals surface area contributed by atoms with Crippen molar-refractivity contribution in [3.8, 4) is 10.7 Å². The number of rotatable bonds is 1. The summed E-state index contributed by atoms with van der Waals surface area (Å²) >= 11 is 1.64. The zero-order chi connectivity index (χ0) is 15.3. The van der Waals surface area contributed by atoms with Gasteiger partial charge < -0.3 is 4.98 Å². The van der Waals surface area contributed by atoms with E-state index < -0.39 is 0 Å². The van der Waals surface area contributed by atoms with Crippen LogP contribution in [0.15, 0.2) is 47.3 Å². The summed E-state index contributed by atoms with van der Waals surface area (Å²) in [7, 11) is 0. The SMILES string of the molecule is Cc1cc(C)c2nc(-c3cc4ccccc4s3)[nH]c(=O)c2c1. The Hall–Kier alpha value is -2.46. The van der Waals surface area contributed by atoms with Crippen molar-refractivity contribution in [3.05, 3.63) is 63.9 Å². The zero-order valence-corrected chi connectivity index (χ0v) is 13.1. The second kappa shape index (κ2) is 4.78. The highest BCUT2D eigenvalue weighted by Crippen LogP contribution is 2.31. The van der Waals surface area contributed by atoms with Crippen molar-refractivity contribution >= 4 is 32.3 Å². The Morgan fingerprint density at radius 2 is 1.91 bits per heavy atom. The van der Waals surface area contributed by atoms with E-state index in [1.807, 2.05) is 32.0 Å². The van der Waals surface area contributed by atoms with Crippen molar-refractivity contribution in [1.29, 1.82) is 0 Å². The summed E-state index contributed by atoms with van der Waals surface area (Å²) in [6.07, 6.45) is 0. The standard InChI is InChI=1S/C18H14N2OS/c1-10-7-11(2)16-13(8-10)18(21)20-17(19-16)15-9-12-5-3-4-6-14(12)22-15/h3-9H,1-2H3,(H,19,20,21). The molecule has 1 N–H and O–H groups in total. The summed E-state index contributed by atoms with van der Waals surface area (Å²) in [6, 6.07) is 14.2. The predicted molar refractivity (Wildman–Crippen MR) is 92.7 cm³/mol. The van der Waals surface area contributed by atoms with Crippen molar-refractivity contribution in [2.24, 2.45) is 0 Å². The molecule has 0 aliphatic carbocycles. The minimum Gasteiger partial charge on any atom is -0.305 e. The fourth-order valence-electron chi connectivity index (χ4n) is 2.81. The number of fused-ring (bicyclic) bond motifs is 2. The van der Waals surface area contributed by atoms with E-state index >= 15 is 0 Å². The van der Waals surface area contributed by atoms with Crippen molar-refractivity contribution < 1.29 is 0 Å². The van der Waals surface area contributed by atoms with Crippen molar-refractivity contribution in [2.45, 2.75) is 13.8 Å². The van der Waals surface area contributed by atoms with Crippen molar-refractivity contribution in [3.63, 3.8) is 0 Å². The Morgan fingerprint density at radius 1 is 1.09 bits per heavy atom. The van der Waals surface area contributed by atoms with Crippen LogP contribution in [0.25, 0.3) is 31.7 Å². The lowest BCUT2D eigenvalue weighted by molar-refractivity contribution is 1.18. The summed E-state index contributed by atoms with van der Waals surface area (Å²) in [5, 5.41) is 1.83. The van der Waals surface area contributed by atoms with Crippen molar-refractivity contribution in [2.75, 3.05) is 0 Å². The van der Waals surface area contributed by atoms with Gasteiger partial charge in [-0.25, -0.2) is 4.98 Å². The predicted octanol–water partition coefficient (Wildman–Crippen LogP) is 4.42. The van der Waals surface area contributed by atoms with Gasteiger partial charge in [0, 0.05) is 4.70 Å². The molecule has 0 saturated carbocycles. The molecule has 4 heteroatoms. The molecule has 108 valence electrons. The van der Waals surface area contributed by atoms with Crippen molar-refractivity contribution in [1.82, 2.24) is 9.97 Å². The van der Waals surface area contributed by atoms with Crippen LogP contribution in [0.4, 0.5) is 0 Å². The van der Waals surface area contributed by atoms with E-state index in [1.165, 1.54) is 10.1 Å². The van der Waals surface area contributed by atoms with E-state index in [0.29, 0.717) is 11.2 Å². The average molecular weight is 306 g/mol. The topological polar surface area (TPSA) is 45.8 Å². The molecule has 0 aliphatic rings. The van der Waals surface area contributed by atoms with E-state index in [9.17, 15) is 4.79 Å². The van der Waals surface area contributed by atoms with Gasteiger partial charge in [0.25, 0.3) is 5.56 Å². The van der Waals surface area contributed by atoms with E-state index in [1.54, 1.807) is 11.3 Å². The molecule has 0 atom stereocenters. The lowest BCUT2D eigenvalue weighted by Crippen LogP contribution is -2.10. The van der Waals surface area contributed by atoms with Crippen LogP contribution in [-0.2, 0) is 0 Å². The molecule has 0 amide bonds. The molecule has 0 saturated heterocycles. The van der Waals surface area contributed by atoms with Crippen LogP contribution < -0.4 is 5.56 Å². The first-order valence-corrected chi connectivity index (χ1v) is 7.94. The molecular formula is C18H14N2OS. The molecule has 3 nitrogen and oxygen atoms in total. The number of aromatic amines is 1. The van der Waals surface area contributed by atoms with Crippen LogP contribution in [0.5, 0.6) is 0 Å². The zero-order valence-electron chi connectivity index (χ0n) is 12.3. The van der Waals surface area contributed by atoms with Gasteiger partial charge in [0.15, 0.2) is 5.82 Å². The Bertz CT molecular complexity index is 1040. The molecule has 2 heterocycles. The minimum absolute atomic E-state index is 0.0794. The third-order valence-electron chi connectivity index (χ3n) is 3.80. The number of nitrogens with one attached hydrogen (secondary N) is 1. The number of H-pyrrole nitrogens is 1. The van der Waals surface area contributed by atoms with Gasteiger partial charge in [-0.05, 0) is 48.6 Å². The first-order valence-electron chi connectivity index (χ1n) is 7.12. The smallest absolute Gasteiger partial charge is 0.259 e. The van der Waals surface area contributed by atoms with Gasteiger partial charge in [-0.2, -0.15) is 0 Å². The highest BCUT2D eigenvalue weighted by Gasteiger charge is 2.11. The lowest BCUT2D eigenvalue weighted by atomic mass is 10.1. The summed E-state index contributed by atoms with van der Waals surface area (Å²) < 4.78 is 1.20. The van der Waals surface area contributed by atoms with Gasteiger partial charge in [0.1, 0.15) is 0 Å². The van der Waals surface area contributed by atoms with Gasteiger partial charge in [-0.1, -0.05) is 24.3 Å². The third kappa shape index (κ3) is 2.04. The Balaban J connectivity index is 2.01. The molecule has 0 radical (unpaired) electrons. The molecule has 4 aromatic rings. The minimum atomic E-state index is -0.0794. The maximum absolute atomic E-state index is 12.4. The van der Waals surface area contributed by atoms with Crippen LogP contribution in [-0.4, -0.2) is 9.97 Å².